The van der Waals surface area contributed by atoms with Crippen LogP contribution in [-0.4, -0.2) is 77.8 Å². The van der Waals surface area contributed by atoms with E-state index in [2.05, 4.69) is 24.8 Å². The second-order valence-corrected chi connectivity index (χ2v) is 9.51. The number of hydrogen-bond acceptors (Lipinski definition) is 8. The van der Waals surface area contributed by atoms with E-state index in [1.165, 1.54) is 0 Å². The number of carbonyl (C=O) groups is 1. The smallest absolute Gasteiger partial charge is 0.285 e. The summed E-state index contributed by atoms with van der Waals surface area (Å²) < 4.78 is 26.5. The van der Waals surface area contributed by atoms with Gasteiger partial charge in [-0.05, 0) is 50.9 Å². The number of aryl methyl sites for hydroxylation is 2. The van der Waals surface area contributed by atoms with Crippen molar-refractivity contribution in [3.05, 3.63) is 41.3 Å². The highest BCUT2D eigenvalue weighted by molar-refractivity contribution is 7.90. The zero-order chi connectivity index (χ0) is 21.3. The van der Waals surface area contributed by atoms with Gasteiger partial charge in [-0.25, -0.2) is 19.3 Å². The average Bonchev–Trinajstić information content (AvgIpc) is 2.92. The van der Waals surface area contributed by atoms with Crippen molar-refractivity contribution in [3.63, 3.8) is 0 Å². The second kappa shape index (κ2) is 8.27. The molecule has 0 unspecified atom stereocenters. The molecule has 0 aliphatic carbocycles. The maximum absolute atomic E-state index is 12.8. The van der Waals surface area contributed by atoms with E-state index in [4.69, 9.17) is 0 Å². The highest BCUT2D eigenvalue weighted by Crippen LogP contribution is 2.31. The number of sulfonamides is 1. The third-order valence-electron chi connectivity index (χ3n) is 5.58. The predicted molar refractivity (Wildman–Crippen MR) is 112 cm³/mol. The monoisotopic (exact) mass is 430 g/mol. The molecule has 0 N–H and O–H groups in total. The molecule has 1 fully saturated rings. The molecule has 4 heterocycles. The van der Waals surface area contributed by atoms with Gasteiger partial charge >= 0.3 is 0 Å². The Kier molecular flexibility index (Phi) is 5.70. The summed E-state index contributed by atoms with van der Waals surface area (Å²) in [5, 5.41) is -0.0933. The molecular formula is C20H26N6O3S. The lowest BCUT2D eigenvalue weighted by Crippen LogP contribution is -2.47. The van der Waals surface area contributed by atoms with Crippen molar-refractivity contribution in [1.82, 2.24) is 24.2 Å². The number of nitrogens with zero attached hydrogens (tertiary/aromatic N) is 6. The fourth-order valence-electron chi connectivity index (χ4n) is 4.03. The molecule has 9 nitrogen and oxygen atoms in total. The highest BCUT2D eigenvalue weighted by atomic mass is 32.2. The molecule has 2 aromatic heterocycles. The Morgan fingerprint density at radius 1 is 1.00 bits per heavy atom. The van der Waals surface area contributed by atoms with Gasteiger partial charge in [0.15, 0.2) is 5.03 Å². The average molecular weight is 431 g/mol. The van der Waals surface area contributed by atoms with Crippen LogP contribution < -0.4 is 4.90 Å². The Bertz CT molecular complexity index is 1040. The minimum Gasteiger partial charge on any atom is -0.338 e. The first-order valence-corrected chi connectivity index (χ1v) is 11.6. The van der Waals surface area contributed by atoms with Crippen molar-refractivity contribution in [1.29, 1.82) is 0 Å². The van der Waals surface area contributed by atoms with Crippen LogP contribution in [0.2, 0.25) is 0 Å². The van der Waals surface area contributed by atoms with E-state index in [0.29, 0.717) is 17.7 Å². The van der Waals surface area contributed by atoms with Crippen LogP contribution in [0.1, 0.15) is 34.5 Å². The molecule has 2 aliphatic heterocycles. The Morgan fingerprint density at radius 3 is 2.37 bits per heavy atom. The molecule has 0 saturated carbocycles. The van der Waals surface area contributed by atoms with Gasteiger partial charge in [-0.1, -0.05) is 0 Å². The topological polar surface area (TPSA) is 99.6 Å². The molecule has 1 saturated heterocycles. The Hall–Kier alpha value is -2.59. The number of fused-ring (bicyclic) bond motifs is 1. The van der Waals surface area contributed by atoms with Crippen LogP contribution in [0.5, 0.6) is 0 Å². The quantitative estimate of drug-likeness (QED) is 0.631. The molecule has 10 heteroatoms. The number of carbonyl (C=O) groups excluding carboxylic acids is 1. The summed E-state index contributed by atoms with van der Waals surface area (Å²) >= 11 is 0. The van der Waals surface area contributed by atoms with Crippen molar-refractivity contribution < 1.29 is 13.2 Å². The van der Waals surface area contributed by atoms with Gasteiger partial charge in [0.05, 0.1) is 5.56 Å². The summed E-state index contributed by atoms with van der Waals surface area (Å²) in [5.41, 5.74) is 1.48. The van der Waals surface area contributed by atoms with Gasteiger partial charge in [0.2, 0.25) is 5.95 Å². The van der Waals surface area contributed by atoms with Crippen LogP contribution >= 0.6 is 0 Å². The number of unbranched alkanes of at least 4 members (excludes halogenated alkanes) is 1. The van der Waals surface area contributed by atoms with Crippen molar-refractivity contribution in [3.8, 4) is 0 Å². The zero-order valence-electron chi connectivity index (χ0n) is 17.3. The van der Waals surface area contributed by atoms with Gasteiger partial charge < -0.3 is 4.90 Å². The molecule has 4 rings (SSSR count). The normalized spacial score (nSPS) is 18.7. The van der Waals surface area contributed by atoms with Crippen molar-refractivity contribution >= 4 is 21.9 Å². The Labute approximate surface area is 176 Å². The highest BCUT2D eigenvalue weighted by Gasteiger charge is 2.43. The molecule has 0 aromatic carbocycles. The van der Waals surface area contributed by atoms with Crippen LogP contribution in [-0.2, 0) is 10.0 Å². The first-order valence-electron chi connectivity index (χ1n) is 10.2. The Balaban J connectivity index is 1.28. The molecule has 0 spiro atoms. The second-order valence-electron chi connectivity index (χ2n) is 7.73. The lowest BCUT2D eigenvalue weighted by atomic mass is 10.1. The number of hydrogen-bond donors (Lipinski definition) is 0. The first kappa shape index (κ1) is 20.7. The van der Waals surface area contributed by atoms with Gasteiger partial charge in [0, 0.05) is 50.8 Å². The number of pyridine rings is 1. The van der Waals surface area contributed by atoms with Gasteiger partial charge in [0.25, 0.3) is 15.9 Å². The van der Waals surface area contributed by atoms with E-state index in [9.17, 15) is 13.2 Å². The first-order chi connectivity index (χ1) is 14.4. The molecule has 0 atom stereocenters. The van der Waals surface area contributed by atoms with Crippen LogP contribution in [0.4, 0.5) is 5.95 Å². The molecule has 30 heavy (non-hydrogen) atoms. The van der Waals surface area contributed by atoms with Crippen molar-refractivity contribution in [2.75, 3.05) is 44.2 Å². The van der Waals surface area contributed by atoms with E-state index in [1.54, 1.807) is 32.3 Å². The summed E-state index contributed by atoms with van der Waals surface area (Å²) in [6.45, 7) is 8.10. The van der Waals surface area contributed by atoms with E-state index in [1.807, 2.05) is 6.07 Å². The van der Waals surface area contributed by atoms with Gasteiger partial charge in [-0.3, -0.25) is 9.69 Å². The minimum absolute atomic E-state index is 0.0933. The third-order valence-corrected chi connectivity index (χ3v) is 7.29. The number of rotatable bonds is 6. The summed E-state index contributed by atoms with van der Waals surface area (Å²) in [7, 11) is -3.85. The van der Waals surface area contributed by atoms with Crippen LogP contribution in [0.25, 0.3) is 0 Å². The van der Waals surface area contributed by atoms with Crippen LogP contribution in [0.3, 0.4) is 0 Å². The molecule has 1 amide bonds. The maximum atomic E-state index is 12.8. The number of amides is 1. The molecule has 0 bridgehead atoms. The summed E-state index contributed by atoms with van der Waals surface area (Å²) in [4.78, 5) is 29.9. The van der Waals surface area contributed by atoms with E-state index >= 15 is 0 Å². The zero-order valence-corrected chi connectivity index (χ0v) is 18.1. The fraction of sp³-hybridized carbons (Fsp3) is 0.500. The summed E-state index contributed by atoms with van der Waals surface area (Å²) in [6.07, 6.45) is 4.94. The van der Waals surface area contributed by atoms with Crippen molar-refractivity contribution in [2.45, 2.75) is 31.7 Å². The molecule has 2 aliphatic rings. The standard InChI is InChI=1S/C20H26N6O3S/c1-15-14-16(2)23-18-17(15)19(27)26(30(18,28)29)9-4-3-8-24-10-12-25(13-11-24)20-21-6-5-7-22-20/h5-7,14H,3-4,8-13H2,1-2H3. The molecule has 2 aromatic rings. The predicted octanol–water partition coefficient (Wildman–Crippen LogP) is 1.24. The lowest BCUT2D eigenvalue weighted by molar-refractivity contribution is 0.0868. The summed E-state index contributed by atoms with van der Waals surface area (Å²) in [5.74, 6) is 0.306. The molecule has 0 radical (unpaired) electrons. The minimum atomic E-state index is -3.85. The van der Waals surface area contributed by atoms with E-state index in [0.717, 1.165) is 49.4 Å². The lowest BCUT2D eigenvalue weighted by Gasteiger charge is -2.34. The Morgan fingerprint density at radius 2 is 1.67 bits per heavy atom. The maximum Gasteiger partial charge on any atom is 0.285 e. The van der Waals surface area contributed by atoms with Gasteiger partial charge in [0.1, 0.15) is 0 Å². The molecule has 160 valence electrons. The van der Waals surface area contributed by atoms with E-state index in [-0.39, 0.29) is 17.1 Å². The molecular weight excluding hydrogens is 404 g/mol. The SMILES string of the molecule is Cc1cc(C)c2c(n1)S(=O)(=O)N(CCCCN1CCN(c3ncccn3)CC1)C2=O. The number of piperazine rings is 1. The summed E-state index contributed by atoms with van der Waals surface area (Å²) in [6, 6.07) is 3.55. The van der Waals surface area contributed by atoms with Gasteiger partial charge in [-0.15, -0.1) is 0 Å². The van der Waals surface area contributed by atoms with E-state index < -0.39 is 15.9 Å². The number of anilines is 1. The van der Waals surface area contributed by atoms with Crippen LogP contribution in [0.15, 0.2) is 29.6 Å². The fourth-order valence-corrected chi connectivity index (χ4v) is 5.68. The van der Waals surface area contributed by atoms with Crippen LogP contribution in [0, 0.1) is 13.8 Å². The number of aromatic nitrogens is 3. The van der Waals surface area contributed by atoms with Crippen molar-refractivity contribution in [2.24, 2.45) is 0 Å². The third kappa shape index (κ3) is 3.89. The van der Waals surface area contributed by atoms with Gasteiger partial charge in [-0.2, -0.15) is 8.42 Å². The largest absolute Gasteiger partial charge is 0.338 e.